The number of nitrogens with zero attached hydrogens (tertiary/aromatic N) is 3. The van der Waals surface area contributed by atoms with Crippen molar-refractivity contribution in [1.29, 1.82) is 0 Å². The first kappa shape index (κ1) is 17.6. The zero-order chi connectivity index (χ0) is 19.4. The number of hydrogen-bond acceptors (Lipinski definition) is 7. The molecule has 2 heterocycles. The van der Waals surface area contributed by atoms with Crippen LogP contribution in [0.15, 0.2) is 41.4 Å². The van der Waals surface area contributed by atoms with Crippen LogP contribution < -0.4 is 14.5 Å². The Morgan fingerprint density at radius 1 is 1.15 bits per heavy atom. The van der Waals surface area contributed by atoms with E-state index in [2.05, 4.69) is 10.3 Å². The quantitative estimate of drug-likeness (QED) is 0.440. The van der Waals surface area contributed by atoms with Gasteiger partial charge in [0.2, 0.25) is 0 Å². The van der Waals surface area contributed by atoms with Gasteiger partial charge in [0.15, 0.2) is 0 Å². The van der Waals surface area contributed by atoms with Crippen molar-refractivity contribution in [1.82, 2.24) is 5.32 Å². The van der Waals surface area contributed by atoms with Crippen molar-refractivity contribution in [2.75, 3.05) is 0 Å². The summed E-state index contributed by atoms with van der Waals surface area (Å²) < 4.78 is 6.17. The molecule has 27 heavy (non-hydrogen) atoms. The summed E-state index contributed by atoms with van der Waals surface area (Å²) in [5.41, 5.74) is -0.0996. The number of aliphatic imine (C=N–C) groups is 1. The van der Waals surface area contributed by atoms with Gasteiger partial charge in [-0.2, -0.15) is 0 Å². The first-order valence-electron chi connectivity index (χ1n) is 8.00. The molecular formula is C17H14N4O5Se. The summed E-state index contributed by atoms with van der Waals surface area (Å²) in [6.07, 6.45) is 1.56. The molecule has 0 amide bonds. The van der Waals surface area contributed by atoms with E-state index in [1.54, 1.807) is 6.21 Å². The molecule has 138 valence electrons. The van der Waals surface area contributed by atoms with Crippen molar-refractivity contribution in [3.8, 4) is 5.75 Å². The van der Waals surface area contributed by atoms with Gasteiger partial charge in [-0.15, -0.1) is 0 Å². The van der Waals surface area contributed by atoms with Crippen LogP contribution in [0.2, 0.25) is 0 Å². The minimum absolute atomic E-state index is 0.0577. The Kier molecular flexibility index (Phi) is 3.81. The molecule has 0 unspecified atom stereocenters. The topological polar surface area (TPSA) is 120 Å². The molecule has 2 aliphatic heterocycles. The van der Waals surface area contributed by atoms with E-state index in [0.717, 1.165) is 16.1 Å². The first-order chi connectivity index (χ1) is 12.7. The number of non-ortho nitro benzene ring substituents is 1. The molecule has 4 rings (SSSR count). The predicted molar refractivity (Wildman–Crippen MR) is 99.3 cm³/mol. The number of benzene rings is 2. The van der Waals surface area contributed by atoms with E-state index in [1.165, 1.54) is 6.07 Å². The van der Waals surface area contributed by atoms with E-state index in [0.29, 0.717) is 0 Å². The van der Waals surface area contributed by atoms with Crippen molar-refractivity contribution in [2.45, 2.75) is 24.0 Å². The number of nitro groups is 2. The molecule has 2 aromatic carbocycles. The van der Waals surface area contributed by atoms with Crippen LogP contribution in [0.25, 0.3) is 0 Å². The summed E-state index contributed by atoms with van der Waals surface area (Å²) in [4.78, 5) is 25.5. The molecule has 1 atom stereocenters. The SMILES string of the molecule is CC1(C)N[C@@]2(C=Nc3cc([N+](=O)[O-])cc([N+](=O)[O-])c3O2)[Se]c2ccccc21. The first-order valence-corrected chi connectivity index (χ1v) is 9.71. The number of nitrogens with one attached hydrogen (secondary N) is 1. The fourth-order valence-corrected chi connectivity index (χ4v) is 6.25. The fourth-order valence-electron chi connectivity index (χ4n) is 3.23. The predicted octanol–water partition coefficient (Wildman–Crippen LogP) is 2.12. The van der Waals surface area contributed by atoms with Crippen LogP contribution in [-0.2, 0) is 5.54 Å². The van der Waals surface area contributed by atoms with Crippen LogP contribution in [0.1, 0.15) is 19.4 Å². The minimum atomic E-state index is -1.02. The van der Waals surface area contributed by atoms with Gasteiger partial charge in [0.1, 0.15) is 0 Å². The summed E-state index contributed by atoms with van der Waals surface area (Å²) >= 11 is -0.268. The zero-order valence-corrected chi connectivity index (χ0v) is 16.0. The van der Waals surface area contributed by atoms with Crippen LogP contribution in [0, 0.1) is 20.2 Å². The van der Waals surface area contributed by atoms with E-state index < -0.39 is 31.4 Å². The molecule has 9 nitrogen and oxygen atoms in total. The third-order valence-electron chi connectivity index (χ3n) is 4.38. The van der Waals surface area contributed by atoms with Crippen LogP contribution in [0.3, 0.4) is 0 Å². The van der Waals surface area contributed by atoms with Crippen LogP contribution in [0.5, 0.6) is 5.75 Å². The molecule has 0 fully saturated rings. The molecule has 1 N–H and O–H groups in total. The fraction of sp³-hybridized carbons (Fsp3) is 0.235. The van der Waals surface area contributed by atoms with Crippen LogP contribution in [-0.4, -0.2) is 35.6 Å². The Hall–Kier alpha value is -2.81. The summed E-state index contributed by atoms with van der Waals surface area (Å²) in [6.45, 7) is 4.00. The Morgan fingerprint density at radius 2 is 1.89 bits per heavy atom. The van der Waals surface area contributed by atoms with Gasteiger partial charge < -0.3 is 0 Å². The Bertz CT molecular complexity index is 1020. The maximum absolute atomic E-state index is 11.5. The third-order valence-corrected chi connectivity index (χ3v) is 6.83. The average Bonchev–Trinajstić information content (AvgIpc) is 2.60. The number of fused-ring (bicyclic) bond motifs is 2. The van der Waals surface area contributed by atoms with E-state index in [9.17, 15) is 20.2 Å². The molecule has 1 spiro atoms. The summed E-state index contributed by atoms with van der Waals surface area (Å²) in [5, 5.41) is 25.9. The van der Waals surface area contributed by atoms with Crippen molar-refractivity contribution < 1.29 is 14.6 Å². The molecule has 0 saturated heterocycles. The van der Waals surface area contributed by atoms with Crippen LogP contribution >= 0.6 is 0 Å². The van der Waals surface area contributed by atoms with Crippen molar-refractivity contribution in [2.24, 2.45) is 4.99 Å². The third kappa shape index (κ3) is 2.87. The molecule has 0 saturated carbocycles. The Morgan fingerprint density at radius 3 is 2.59 bits per heavy atom. The number of ether oxygens (including phenoxy) is 1. The van der Waals surface area contributed by atoms with Gasteiger partial charge in [0.05, 0.1) is 0 Å². The number of hydrogen-bond donors (Lipinski definition) is 1. The molecule has 10 heteroatoms. The summed E-state index contributed by atoms with van der Waals surface area (Å²) in [5.74, 6) is -0.0577. The van der Waals surface area contributed by atoms with Crippen molar-refractivity contribution in [3.05, 3.63) is 62.2 Å². The average molecular weight is 433 g/mol. The Balaban J connectivity index is 1.83. The van der Waals surface area contributed by atoms with Gasteiger partial charge in [-0.05, 0) is 0 Å². The Labute approximate surface area is 159 Å². The van der Waals surface area contributed by atoms with Crippen LogP contribution in [0.4, 0.5) is 17.1 Å². The van der Waals surface area contributed by atoms with Gasteiger partial charge >= 0.3 is 160 Å². The summed E-state index contributed by atoms with van der Waals surface area (Å²) in [6, 6.07) is 10.0. The molecule has 0 aliphatic carbocycles. The molecule has 0 aromatic heterocycles. The second-order valence-electron chi connectivity index (χ2n) is 6.70. The van der Waals surface area contributed by atoms with Gasteiger partial charge in [-0.1, -0.05) is 0 Å². The second-order valence-corrected chi connectivity index (χ2v) is 9.33. The molecule has 0 bridgehead atoms. The summed E-state index contributed by atoms with van der Waals surface area (Å²) in [7, 11) is 0. The molecule has 2 aromatic rings. The van der Waals surface area contributed by atoms with Gasteiger partial charge in [-0.25, -0.2) is 0 Å². The molecule has 2 aliphatic rings. The molecule has 0 radical (unpaired) electrons. The standard InChI is InChI=1S/C17H14N4O5Se/c1-16(2)11-5-3-4-6-14(11)27-17(19-16)9-18-12-7-10(20(22)23)8-13(21(24)25)15(12)26-17/h3-9,19H,1-2H3/t17-/m1/s1. The van der Waals surface area contributed by atoms with Gasteiger partial charge in [0.25, 0.3) is 0 Å². The molecular weight excluding hydrogens is 419 g/mol. The van der Waals surface area contributed by atoms with Crippen molar-refractivity contribution in [3.63, 3.8) is 0 Å². The van der Waals surface area contributed by atoms with Crippen molar-refractivity contribution >= 4 is 42.7 Å². The normalized spacial score (nSPS) is 21.9. The van der Waals surface area contributed by atoms with Gasteiger partial charge in [-0.3, -0.25) is 0 Å². The monoisotopic (exact) mass is 434 g/mol. The van der Waals surface area contributed by atoms with E-state index in [1.807, 2.05) is 38.1 Å². The van der Waals surface area contributed by atoms with E-state index in [4.69, 9.17) is 4.74 Å². The van der Waals surface area contributed by atoms with Gasteiger partial charge in [0, 0.05) is 0 Å². The second kappa shape index (κ2) is 5.85. The van der Waals surface area contributed by atoms with E-state index >= 15 is 0 Å². The number of nitro benzene ring substituents is 2. The maximum atomic E-state index is 11.5. The number of rotatable bonds is 2. The van der Waals surface area contributed by atoms with E-state index in [-0.39, 0.29) is 26.4 Å². The zero-order valence-electron chi connectivity index (χ0n) is 14.3.